The van der Waals surface area contributed by atoms with Crippen LogP contribution in [0.1, 0.15) is 30.7 Å². The Bertz CT molecular complexity index is 1540. The van der Waals surface area contributed by atoms with E-state index in [1.54, 1.807) is 36.4 Å². The summed E-state index contributed by atoms with van der Waals surface area (Å²) in [6.07, 6.45) is 3.17. The van der Waals surface area contributed by atoms with Crippen LogP contribution in [0, 0.1) is 11.3 Å². The van der Waals surface area contributed by atoms with Crippen LogP contribution in [0.4, 0.5) is 5.13 Å². The molecular formula is C25H22N6O7S2. The van der Waals surface area contributed by atoms with Crippen LogP contribution in [-0.2, 0) is 24.0 Å². The van der Waals surface area contributed by atoms with Crippen molar-refractivity contribution in [1.82, 2.24) is 15.2 Å². The molecule has 2 aromatic rings. The van der Waals surface area contributed by atoms with Crippen molar-refractivity contribution in [2.75, 3.05) is 11.5 Å². The molecule has 1 saturated heterocycles. The number of carbonyl (C=O) groups excluding carboxylic acids is 2. The summed E-state index contributed by atoms with van der Waals surface area (Å²) in [5, 5.41) is 35.6. The number of hydrogen-bond donors (Lipinski definition) is 4. The second-order valence-electron chi connectivity index (χ2n) is 8.99. The number of thiazole rings is 1. The van der Waals surface area contributed by atoms with Gasteiger partial charge in [-0.05, 0) is 31.1 Å². The number of carbonyl (C=O) groups is 4. The number of fused-ring (bicyclic) bond motifs is 1. The number of anilines is 1. The van der Waals surface area contributed by atoms with Crippen molar-refractivity contribution in [2.24, 2.45) is 5.16 Å². The first kappa shape index (κ1) is 28.3. The Morgan fingerprint density at radius 3 is 2.65 bits per heavy atom. The molecule has 2 aliphatic heterocycles. The van der Waals surface area contributed by atoms with Crippen molar-refractivity contribution in [3.8, 4) is 6.07 Å². The molecule has 1 aromatic carbocycles. The minimum atomic E-state index is -1.77. The quantitative estimate of drug-likeness (QED) is 0.190. The molecule has 2 amide bonds. The maximum Gasteiger partial charge on any atom is 0.352 e. The van der Waals surface area contributed by atoms with E-state index in [9.17, 15) is 34.7 Å². The molecule has 40 heavy (non-hydrogen) atoms. The van der Waals surface area contributed by atoms with Gasteiger partial charge < -0.3 is 26.1 Å². The zero-order valence-corrected chi connectivity index (χ0v) is 22.7. The van der Waals surface area contributed by atoms with E-state index in [4.69, 9.17) is 10.6 Å². The topological polar surface area (TPSA) is 208 Å². The average Bonchev–Trinajstić information content (AvgIpc) is 3.35. The van der Waals surface area contributed by atoms with Crippen molar-refractivity contribution in [2.45, 2.75) is 30.9 Å². The van der Waals surface area contributed by atoms with Crippen molar-refractivity contribution in [3.05, 3.63) is 63.8 Å². The van der Waals surface area contributed by atoms with E-state index in [1.165, 1.54) is 31.0 Å². The second-order valence-corrected chi connectivity index (χ2v) is 11.0. The molecule has 206 valence electrons. The van der Waals surface area contributed by atoms with Crippen LogP contribution < -0.4 is 11.1 Å². The molecule has 2 atom stereocenters. The number of aromatic nitrogens is 1. The molecule has 0 aliphatic carbocycles. The summed E-state index contributed by atoms with van der Waals surface area (Å²) < 4.78 is 0. The van der Waals surface area contributed by atoms with Crippen LogP contribution in [0.3, 0.4) is 0 Å². The van der Waals surface area contributed by atoms with Crippen molar-refractivity contribution in [1.29, 1.82) is 5.26 Å². The maximum absolute atomic E-state index is 13.2. The van der Waals surface area contributed by atoms with Gasteiger partial charge in [0, 0.05) is 11.1 Å². The third-order valence-electron chi connectivity index (χ3n) is 5.89. The first-order valence-electron chi connectivity index (χ1n) is 11.5. The minimum absolute atomic E-state index is 0.0114. The molecule has 1 aromatic heterocycles. The van der Waals surface area contributed by atoms with Gasteiger partial charge in [0.05, 0.1) is 11.6 Å². The number of rotatable bonds is 9. The molecular weight excluding hydrogens is 560 g/mol. The number of oxime groups is 1. The third kappa shape index (κ3) is 5.53. The Kier molecular flexibility index (Phi) is 7.93. The molecule has 1 unspecified atom stereocenters. The van der Waals surface area contributed by atoms with Gasteiger partial charge in [-0.25, -0.2) is 14.6 Å². The lowest BCUT2D eigenvalue weighted by Gasteiger charge is -2.49. The highest BCUT2D eigenvalue weighted by atomic mass is 32.2. The normalized spacial score (nSPS) is 19.1. The Labute approximate surface area is 235 Å². The highest BCUT2D eigenvalue weighted by Gasteiger charge is 2.54. The Hall–Kier alpha value is -4.68. The molecule has 0 radical (unpaired) electrons. The second kappa shape index (κ2) is 11.2. The zero-order valence-electron chi connectivity index (χ0n) is 21.0. The molecule has 2 aliphatic rings. The summed E-state index contributed by atoms with van der Waals surface area (Å²) in [4.78, 5) is 60.0. The lowest BCUT2D eigenvalue weighted by Crippen LogP contribution is -2.71. The largest absolute Gasteiger partial charge is 0.478 e. The van der Waals surface area contributed by atoms with Crippen LogP contribution in [0.2, 0.25) is 0 Å². The molecule has 13 nitrogen and oxygen atoms in total. The molecule has 15 heteroatoms. The van der Waals surface area contributed by atoms with Crippen molar-refractivity contribution >= 4 is 63.8 Å². The number of allylic oxidation sites excluding steroid dienone is 1. The molecule has 3 heterocycles. The number of hydrogen-bond acceptors (Lipinski definition) is 11. The van der Waals surface area contributed by atoms with Crippen LogP contribution >= 0.6 is 23.1 Å². The number of nitriles is 1. The number of carboxylic acids is 2. The van der Waals surface area contributed by atoms with Crippen LogP contribution in [0.15, 0.2) is 52.1 Å². The Morgan fingerprint density at radius 1 is 1.30 bits per heavy atom. The molecule has 0 bridgehead atoms. The molecule has 1 fully saturated rings. The van der Waals surface area contributed by atoms with E-state index in [1.807, 2.05) is 0 Å². The number of nitrogens with zero attached hydrogens (tertiary/aromatic N) is 4. The van der Waals surface area contributed by atoms with E-state index in [-0.39, 0.29) is 22.3 Å². The van der Waals surface area contributed by atoms with E-state index in [0.29, 0.717) is 16.7 Å². The monoisotopic (exact) mass is 582 g/mol. The van der Waals surface area contributed by atoms with Gasteiger partial charge in [-0.1, -0.05) is 35.5 Å². The standard InChI is InChI=1S/C25H22N6O7S2/c1-25(2,23(36)37)38-30-16(15-11-40-24(27)28-15)19(32)29-17-20(33)31-18(22(34)35)14(10-39-21(17)31)8-7-12-5-3-4-6-13(12)9-26/h3-8,11,17,21H,10H2,1-2H3,(H2,27,28)(H,29,32)(H,34,35)(H,36,37)/t17?,21-/m0/s1. The average molecular weight is 583 g/mol. The summed E-state index contributed by atoms with van der Waals surface area (Å²) in [5.74, 6) is -3.97. The molecule has 5 N–H and O–H groups in total. The van der Waals surface area contributed by atoms with Gasteiger partial charge in [0.2, 0.25) is 5.60 Å². The van der Waals surface area contributed by atoms with Gasteiger partial charge in [0.1, 0.15) is 22.8 Å². The minimum Gasteiger partial charge on any atom is -0.478 e. The van der Waals surface area contributed by atoms with Gasteiger partial charge in [0.15, 0.2) is 10.8 Å². The first-order valence-corrected chi connectivity index (χ1v) is 13.5. The number of thioether (sulfide) groups is 1. The third-order valence-corrected chi connectivity index (χ3v) is 7.87. The van der Waals surface area contributed by atoms with Gasteiger partial charge in [0.25, 0.3) is 11.8 Å². The summed E-state index contributed by atoms with van der Waals surface area (Å²) in [6, 6.07) is 7.78. The molecule has 4 rings (SSSR count). The summed E-state index contributed by atoms with van der Waals surface area (Å²) in [7, 11) is 0. The van der Waals surface area contributed by atoms with Crippen molar-refractivity contribution < 1.29 is 34.2 Å². The Balaban J connectivity index is 1.57. The molecule has 0 spiro atoms. The highest BCUT2D eigenvalue weighted by molar-refractivity contribution is 8.00. The van der Waals surface area contributed by atoms with E-state index >= 15 is 0 Å². The first-order chi connectivity index (χ1) is 18.9. The number of nitrogens with one attached hydrogen (secondary N) is 1. The summed E-state index contributed by atoms with van der Waals surface area (Å²) in [5.41, 5.74) is 4.66. The number of benzene rings is 1. The SMILES string of the molecule is CC(C)(ON=C(C(=O)NC1C(=O)N2C(C(=O)O)=C(C=Cc3ccccc3C#N)CS[C@@H]12)c1csc(N)n1)C(=O)O. The fourth-order valence-corrected chi connectivity index (χ4v) is 5.58. The van der Waals surface area contributed by atoms with Gasteiger partial charge in [-0.2, -0.15) is 5.26 Å². The fourth-order valence-electron chi connectivity index (χ4n) is 3.71. The number of nitrogens with two attached hydrogens (primary N) is 1. The van der Waals surface area contributed by atoms with Gasteiger partial charge >= 0.3 is 11.9 Å². The lowest BCUT2D eigenvalue weighted by molar-refractivity contribution is -0.161. The predicted molar refractivity (Wildman–Crippen MR) is 146 cm³/mol. The van der Waals surface area contributed by atoms with E-state index in [2.05, 4.69) is 21.5 Å². The van der Waals surface area contributed by atoms with E-state index < -0.39 is 46.5 Å². The maximum atomic E-state index is 13.2. The summed E-state index contributed by atoms with van der Waals surface area (Å²) in [6.45, 7) is 2.47. The lowest BCUT2D eigenvalue weighted by atomic mass is 10.0. The molecule has 0 saturated carbocycles. The highest BCUT2D eigenvalue weighted by Crippen LogP contribution is 2.41. The number of β-lactam (4-membered cyclic amide) rings is 1. The van der Waals surface area contributed by atoms with Crippen LogP contribution in [-0.4, -0.2) is 72.3 Å². The zero-order chi connectivity index (χ0) is 29.2. The van der Waals surface area contributed by atoms with Crippen LogP contribution in [0.5, 0.6) is 0 Å². The summed E-state index contributed by atoms with van der Waals surface area (Å²) >= 11 is 2.26. The van der Waals surface area contributed by atoms with Gasteiger partial charge in [-0.15, -0.1) is 23.1 Å². The van der Waals surface area contributed by atoms with Gasteiger partial charge in [-0.3, -0.25) is 14.5 Å². The van der Waals surface area contributed by atoms with Crippen LogP contribution in [0.25, 0.3) is 6.08 Å². The van der Waals surface area contributed by atoms with E-state index in [0.717, 1.165) is 16.2 Å². The number of amides is 2. The van der Waals surface area contributed by atoms with Crippen molar-refractivity contribution in [3.63, 3.8) is 0 Å². The Morgan fingerprint density at radius 2 is 2.02 bits per heavy atom. The predicted octanol–water partition coefficient (Wildman–Crippen LogP) is 1.63. The smallest absolute Gasteiger partial charge is 0.352 e. The number of aliphatic carboxylic acids is 2. The fraction of sp³-hybridized carbons (Fsp3) is 0.240. The number of nitrogen functional groups attached to an aromatic ring is 1. The number of carboxylic acid groups (broad SMARTS) is 2.